The molecule has 0 spiro atoms. The molecule has 0 fully saturated rings. The molecule has 0 saturated heterocycles. The first-order valence-electron chi connectivity index (χ1n) is 14.9. The average molecular weight is 546 g/mol. The Morgan fingerprint density at radius 1 is 0.326 bits per heavy atom. The Morgan fingerprint density at radius 3 is 1.74 bits per heavy atom. The lowest BCUT2D eigenvalue weighted by molar-refractivity contribution is 1.20. The molecule has 0 saturated carbocycles. The molecule has 1 heterocycles. The maximum absolute atomic E-state index is 2.45. The van der Waals surface area contributed by atoms with Gasteiger partial charge in [-0.3, -0.25) is 0 Å². The number of fused-ring (bicyclic) bond motifs is 7. The van der Waals surface area contributed by atoms with Crippen molar-refractivity contribution in [3.8, 4) is 27.9 Å². The van der Waals surface area contributed by atoms with Gasteiger partial charge in [0.2, 0.25) is 0 Å². The third-order valence-corrected chi connectivity index (χ3v) is 8.98. The number of rotatable bonds is 3. The average Bonchev–Trinajstić information content (AvgIpc) is 3.42. The van der Waals surface area contributed by atoms with Crippen LogP contribution in [0.15, 0.2) is 164 Å². The first kappa shape index (κ1) is 24.0. The van der Waals surface area contributed by atoms with Crippen molar-refractivity contribution in [3.05, 3.63) is 164 Å². The molecular weight excluding hydrogens is 518 g/mol. The second-order valence-electron chi connectivity index (χ2n) is 11.3. The standard InChI is InChI=1S/C42H27N/c1-2-11-28(12-3-1)32-24-25-33(36-17-7-6-16-35(32)36)31-22-21-30-23-26-41-42(38(30)27-31)37-18-8-9-19-40(37)43(41)39-20-10-14-29-13-4-5-15-34(29)39/h1-27H. The lowest BCUT2D eigenvalue weighted by Gasteiger charge is -2.13. The molecule has 9 aromatic rings. The van der Waals surface area contributed by atoms with E-state index in [1.807, 2.05) is 0 Å². The third kappa shape index (κ3) is 3.65. The molecule has 0 atom stereocenters. The van der Waals surface area contributed by atoms with Gasteiger partial charge in [-0.1, -0.05) is 140 Å². The molecule has 43 heavy (non-hydrogen) atoms. The smallest absolute Gasteiger partial charge is 0.0547 e. The van der Waals surface area contributed by atoms with E-state index in [4.69, 9.17) is 0 Å². The number of aromatic nitrogens is 1. The van der Waals surface area contributed by atoms with E-state index in [2.05, 4.69) is 168 Å². The van der Waals surface area contributed by atoms with E-state index in [1.165, 1.54) is 82.1 Å². The van der Waals surface area contributed by atoms with E-state index in [0.717, 1.165) is 0 Å². The topological polar surface area (TPSA) is 4.93 Å². The van der Waals surface area contributed by atoms with E-state index in [0.29, 0.717) is 0 Å². The minimum atomic E-state index is 1.21. The van der Waals surface area contributed by atoms with E-state index in [1.54, 1.807) is 0 Å². The summed E-state index contributed by atoms with van der Waals surface area (Å²) in [5, 5.41) is 10.2. The predicted molar refractivity (Wildman–Crippen MR) is 184 cm³/mol. The van der Waals surface area contributed by atoms with Gasteiger partial charge in [-0.2, -0.15) is 0 Å². The molecule has 0 aliphatic rings. The quantitative estimate of drug-likeness (QED) is 0.208. The first-order chi connectivity index (χ1) is 21.3. The number of hydrogen-bond donors (Lipinski definition) is 0. The fourth-order valence-electron chi connectivity index (χ4n) is 7.04. The van der Waals surface area contributed by atoms with Crippen molar-refractivity contribution >= 4 is 54.1 Å². The van der Waals surface area contributed by atoms with E-state index < -0.39 is 0 Å². The Bertz CT molecular complexity index is 2490. The van der Waals surface area contributed by atoms with Crippen molar-refractivity contribution in [2.75, 3.05) is 0 Å². The Morgan fingerprint density at radius 2 is 0.930 bits per heavy atom. The van der Waals surface area contributed by atoms with Gasteiger partial charge >= 0.3 is 0 Å². The van der Waals surface area contributed by atoms with Crippen LogP contribution >= 0.6 is 0 Å². The molecule has 8 aromatic carbocycles. The molecule has 0 amide bonds. The summed E-state index contributed by atoms with van der Waals surface area (Å²) in [6.07, 6.45) is 0. The Labute approximate surface area is 249 Å². The highest BCUT2D eigenvalue weighted by Crippen LogP contribution is 2.41. The fourth-order valence-corrected chi connectivity index (χ4v) is 7.04. The summed E-state index contributed by atoms with van der Waals surface area (Å²) < 4.78 is 2.45. The molecule has 0 N–H and O–H groups in total. The van der Waals surface area contributed by atoms with Crippen LogP contribution in [0.4, 0.5) is 0 Å². The van der Waals surface area contributed by atoms with E-state index in [9.17, 15) is 0 Å². The molecule has 9 rings (SSSR count). The zero-order valence-electron chi connectivity index (χ0n) is 23.5. The van der Waals surface area contributed by atoms with Crippen molar-refractivity contribution in [1.29, 1.82) is 0 Å². The van der Waals surface area contributed by atoms with Crippen LogP contribution < -0.4 is 0 Å². The van der Waals surface area contributed by atoms with Gasteiger partial charge in [-0.25, -0.2) is 0 Å². The molecule has 1 nitrogen and oxygen atoms in total. The Kier molecular flexibility index (Phi) is 5.27. The highest BCUT2D eigenvalue weighted by Gasteiger charge is 2.17. The number of benzene rings is 8. The van der Waals surface area contributed by atoms with E-state index in [-0.39, 0.29) is 0 Å². The maximum atomic E-state index is 2.45. The SMILES string of the molecule is c1ccc(-c2ccc(-c3ccc4ccc5c(c4c3)c3ccccc3n5-c3cccc4ccccc34)c3ccccc23)cc1. The van der Waals surface area contributed by atoms with Crippen molar-refractivity contribution in [2.45, 2.75) is 0 Å². The van der Waals surface area contributed by atoms with Crippen LogP contribution in [0.25, 0.3) is 82.1 Å². The van der Waals surface area contributed by atoms with Crippen molar-refractivity contribution in [2.24, 2.45) is 0 Å². The Hall–Kier alpha value is -5.66. The van der Waals surface area contributed by atoms with Crippen LogP contribution in [0.1, 0.15) is 0 Å². The molecular formula is C42H27N. The highest BCUT2D eigenvalue weighted by atomic mass is 15.0. The fraction of sp³-hybridized carbons (Fsp3) is 0. The molecule has 0 aliphatic carbocycles. The molecule has 0 aliphatic heterocycles. The van der Waals surface area contributed by atoms with Crippen LogP contribution in [0, 0.1) is 0 Å². The lowest BCUT2D eigenvalue weighted by Crippen LogP contribution is -1.95. The van der Waals surface area contributed by atoms with Crippen LogP contribution in [-0.2, 0) is 0 Å². The van der Waals surface area contributed by atoms with Gasteiger partial charge in [0, 0.05) is 16.2 Å². The molecule has 1 heteroatoms. The summed E-state index contributed by atoms with van der Waals surface area (Å²) in [4.78, 5) is 0. The van der Waals surface area contributed by atoms with Gasteiger partial charge < -0.3 is 4.57 Å². The van der Waals surface area contributed by atoms with Gasteiger partial charge in [0.1, 0.15) is 0 Å². The molecule has 1 aromatic heterocycles. The molecule has 200 valence electrons. The minimum Gasteiger partial charge on any atom is -0.309 e. The molecule has 0 unspecified atom stereocenters. The maximum Gasteiger partial charge on any atom is 0.0547 e. The summed E-state index contributed by atoms with van der Waals surface area (Å²) in [7, 11) is 0. The second kappa shape index (κ2) is 9.44. The summed E-state index contributed by atoms with van der Waals surface area (Å²) in [6.45, 7) is 0. The van der Waals surface area contributed by atoms with Gasteiger partial charge in [0.25, 0.3) is 0 Å². The van der Waals surface area contributed by atoms with Crippen molar-refractivity contribution < 1.29 is 0 Å². The monoisotopic (exact) mass is 545 g/mol. The van der Waals surface area contributed by atoms with Gasteiger partial charge in [0.05, 0.1) is 16.7 Å². The number of para-hydroxylation sites is 1. The minimum absolute atomic E-state index is 1.21. The van der Waals surface area contributed by atoms with Crippen molar-refractivity contribution in [3.63, 3.8) is 0 Å². The zero-order chi connectivity index (χ0) is 28.3. The van der Waals surface area contributed by atoms with Crippen molar-refractivity contribution in [1.82, 2.24) is 4.57 Å². The Balaban J connectivity index is 1.33. The highest BCUT2D eigenvalue weighted by molar-refractivity contribution is 6.22. The van der Waals surface area contributed by atoms with Gasteiger partial charge in [-0.15, -0.1) is 0 Å². The predicted octanol–water partition coefficient (Wildman–Crippen LogP) is 11.6. The van der Waals surface area contributed by atoms with Crippen LogP contribution in [0.3, 0.4) is 0 Å². The van der Waals surface area contributed by atoms with E-state index >= 15 is 0 Å². The van der Waals surface area contributed by atoms with Gasteiger partial charge in [0.15, 0.2) is 0 Å². The first-order valence-corrected chi connectivity index (χ1v) is 14.9. The zero-order valence-corrected chi connectivity index (χ0v) is 23.5. The van der Waals surface area contributed by atoms with Crippen LogP contribution in [0.2, 0.25) is 0 Å². The van der Waals surface area contributed by atoms with Crippen LogP contribution in [0.5, 0.6) is 0 Å². The summed E-state index contributed by atoms with van der Waals surface area (Å²) in [5.41, 5.74) is 8.66. The summed E-state index contributed by atoms with van der Waals surface area (Å²) >= 11 is 0. The molecule has 0 bridgehead atoms. The second-order valence-corrected chi connectivity index (χ2v) is 11.3. The largest absolute Gasteiger partial charge is 0.309 e. The third-order valence-electron chi connectivity index (χ3n) is 8.98. The normalized spacial score (nSPS) is 11.7. The summed E-state index contributed by atoms with van der Waals surface area (Å²) in [6, 6.07) is 59.7. The van der Waals surface area contributed by atoms with Crippen LogP contribution in [-0.4, -0.2) is 4.57 Å². The lowest BCUT2D eigenvalue weighted by atomic mass is 9.91. The van der Waals surface area contributed by atoms with Gasteiger partial charge in [-0.05, 0) is 73.5 Å². The summed E-state index contributed by atoms with van der Waals surface area (Å²) in [5.74, 6) is 0. The number of nitrogens with zero attached hydrogens (tertiary/aromatic N) is 1. The number of hydrogen-bond acceptors (Lipinski definition) is 0. The molecule has 0 radical (unpaired) electrons.